The Morgan fingerprint density at radius 1 is 0.301 bits per heavy atom. The molecule has 5 aromatic heterocycles. The van der Waals surface area contributed by atoms with Gasteiger partial charge in [0, 0.05) is 136 Å². The van der Waals surface area contributed by atoms with E-state index in [9.17, 15) is 24.0 Å². The number of ketones is 5. The minimum absolute atomic E-state index is 0. The van der Waals surface area contributed by atoms with Gasteiger partial charge < -0.3 is 25.5 Å². The molecule has 0 spiro atoms. The monoisotopic (exact) mass is 2810 g/mol. The van der Waals surface area contributed by atoms with Gasteiger partial charge in [0.05, 0.1) is 56.4 Å². The van der Waals surface area contributed by atoms with E-state index < -0.39 is 0 Å². The fourth-order valence-electron chi connectivity index (χ4n) is 14.9. The molecule has 0 aliphatic carbocycles. The maximum Gasteiger partial charge on any atom is 0.155 e. The first-order chi connectivity index (χ1) is 65.1. The summed E-state index contributed by atoms with van der Waals surface area (Å²) in [6, 6.07) is 91.6. The Morgan fingerprint density at radius 2 is 0.622 bits per heavy atom. The van der Waals surface area contributed by atoms with E-state index in [1.165, 1.54) is 193 Å². The van der Waals surface area contributed by atoms with E-state index in [-0.39, 0.29) is 158 Å². The summed E-state index contributed by atoms with van der Waals surface area (Å²) in [6.07, 6.45) is 10.3. The fraction of sp³-hybridized carbons (Fsp3) is 0.268. The summed E-state index contributed by atoms with van der Waals surface area (Å²) in [5.74, 6) is 0.999. The summed E-state index contributed by atoms with van der Waals surface area (Å²) in [7, 11) is 0. The Balaban J connectivity index is 0.000000818. The number of carbonyl (C=O) groups excluding carboxylic acids is 5. The molecule has 0 amide bonds. The van der Waals surface area contributed by atoms with Crippen LogP contribution in [0.1, 0.15) is 194 Å². The average molecular weight is 2810 g/mol. The molecule has 15 nitrogen and oxygen atoms in total. The average Bonchev–Trinajstić information content (AvgIpc) is 0.788. The Morgan fingerprint density at radius 3 is 0.979 bits per heavy atom. The van der Waals surface area contributed by atoms with Gasteiger partial charge in [-0.3, -0.25) is 48.9 Å². The van der Waals surface area contributed by atoms with Crippen molar-refractivity contribution >= 4 is 83.4 Å². The molecular formula is C123H136Ir5N5O10-5. The van der Waals surface area contributed by atoms with Gasteiger partial charge in [-0.15, -0.1) is 173 Å². The smallest absolute Gasteiger partial charge is 0.155 e. The van der Waals surface area contributed by atoms with Gasteiger partial charge in [-0.1, -0.05) is 258 Å². The van der Waals surface area contributed by atoms with Gasteiger partial charge in [0.2, 0.25) is 0 Å². The van der Waals surface area contributed by atoms with Crippen LogP contribution in [0.5, 0.6) is 0 Å². The molecule has 0 unspecified atom stereocenters. The Labute approximate surface area is 916 Å². The van der Waals surface area contributed by atoms with E-state index in [2.05, 4.69) is 330 Å². The molecule has 143 heavy (non-hydrogen) atoms. The molecule has 0 aliphatic heterocycles. The molecule has 0 saturated carbocycles. The van der Waals surface area contributed by atoms with E-state index in [0.717, 1.165) is 126 Å². The van der Waals surface area contributed by atoms with E-state index in [1.807, 2.05) is 30.3 Å². The second kappa shape index (κ2) is 65.0. The molecule has 5 radical (unpaired) electrons. The fourth-order valence-corrected chi connectivity index (χ4v) is 14.9. The number of fused-ring (bicyclic) bond motifs is 5. The molecule has 15 aromatic rings. The van der Waals surface area contributed by atoms with E-state index >= 15 is 0 Å². The number of allylic oxidation sites excluding steroid dienone is 10. The van der Waals surface area contributed by atoms with Gasteiger partial charge in [0.25, 0.3) is 0 Å². The Bertz CT molecular complexity index is 6630. The van der Waals surface area contributed by atoms with E-state index in [1.54, 1.807) is 0 Å². The van der Waals surface area contributed by atoms with Crippen molar-refractivity contribution < 1.29 is 150 Å². The van der Waals surface area contributed by atoms with Crippen LogP contribution in [-0.2, 0) is 144 Å². The van der Waals surface area contributed by atoms with Crippen LogP contribution in [0.2, 0.25) is 0 Å². The molecule has 5 heterocycles. The summed E-state index contributed by atoms with van der Waals surface area (Å²) in [6.45, 7) is 50.8. The zero-order valence-corrected chi connectivity index (χ0v) is 99.2. The van der Waals surface area contributed by atoms with Crippen LogP contribution in [0.25, 0.3) is 111 Å². The number of pyridine rings is 5. The summed E-state index contributed by atoms with van der Waals surface area (Å²) < 4.78 is 0. The van der Waals surface area contributed by atoms with Gasteiger partial charge in [-0.05, 0) is 197 Å². The molecule has 763 valence electrons. The van der Waals surface area contributed by atoms with Crippen molar-refractivity contribution in [1.82, 2.24) is 24.9 Å². The van der Waals surface area contributed by atoms with Crippen LogP contribution in [0.4, 0.5) is 0 Å². The molecular weight excluding hydrogens is 2670 g/mol. The number of rotatable bonds is 16. The van der Waals surface area contributed by atoms with Crippen molar-refractivity contribution in [1.29, 1.82) is 0 Å². The maximum absolute atomic E-state index is 10.0. The second-order valence-corrected chi connectivity index (χ2v) is 35.8. The predicted octanol–water partition coefficient (Wildman–Crippen LogP) is 30.7. The largest absolute Gasteiger partial charge is 0.512 e. The molecule has 20 heteroatoms. The third-order valence-corrected chi connectivity index (χ3v) is 20.8. The number of hydrogen-bond donors (Lipinski definition) is 5. The van der Waals surface area contributed by atoms with Crippen LogP contribution in [-0.4, -0.2) is 79.4 Å². The van der Waals surface area contributed by atoms with Gasteiger partial charge >= 0.3 is 0 Å². The van der Waals surface area contributed by atoms with Crippen molar-refractivity contribution in [3.8, 4) is 56.3 Å². The quantitative estimate of drug-likeness (QED) is 0.0343. The molecule has 15 rings (SSSR count). The van der Waals surface area contributed by atoms with Crippen LogP contribution in [0, 0.1) is 125 Å². The normalized spacial score (nSPS) is 10.8. The molecule has 0 atom stereocenters. The van der Waals surface area contributed by atoms with Crippen LogP contribution >= 0.6 is 0 Å². The first-order valence-electron chi connectivity index (χ1n) is 46.5. The molecule has 0 aliphatic rings. The molecule has 5 N–H and O–H groups in total. The van der Waals surface area contributed by atoms with Gasteiger partial charge in [0.1, 0.15) is 0 Å². The molecule has 0 fully saturated rings. The third kappa shape index (κ3) is 46.9. The topological polar surface area (TPSA) is 251 Å². The number of benzene rings is 10. The molecule has 10 aromatic carbocycles. The van der Waals surface area contributed by atoms with Gasteiger partial charge in [-0.25, -0.2) is 0 Å². The van der Waals surface area contributed by atoms with Crippen molar-refractivity contribution in [2.45, 2.75) is 213 Å². The van der Waals surface area contributed by atoms with Crippen LogP contribution < -0.4 is 0 Å². The standard InChI is InChI=1S/2C21H22N.C20H20N.2C18H16N.5C5H8O2.5Ir/c1-14(2)9-17-5-6-18-7-8-20(22-21(18)13-17)19-11-15(3)10-16(4)12-19;1-14(2)10-17-6-5-7-21-19(17)8-9-20(22-21)18-12-15(3)11-16(4)13-18;1-4-5-16-6-7-17-8-9-19(21-20(17)13-16)18-11-14(2)10-15(3)12-18;1-12-10-16(11-13(2)14(12)3)18-9-8-15-6-4-5-7-17(15)19-18;1-12-10-14(3)16(11-13(12)2)18-9-8-15-6-4-5-7-17(15)19-18;5*1-4(6)3-5(2)7;;;;;/h5-8,10-11,13-14H,9H2,1-4H3;5-9,11-12,14H,10H2,1-4H3;6-11,13H,4-5H2,1-3H3;2*4-10H,1-3H3;5*3,6H,1-2H3;;;;;/q5*-1;;;;;;;;;;. The summed E-state index contributed by atoms with van der Waals surface area (Å²) >= 11 is 0. The summed E-state index contributed by atoms with van der Waals surface area (Å²) in [5.41, 5.74) is 34.5. The number of aliphatic hydroxyl groups excluding tert-OH is 5. The van der Waals surface area contributed by atoms with Crippen molar-refractivity contribution in [2.75, 3.05) is 0 Å². The first-order valence-corrected chi connectivity index (χ1v) is 46.5. The zero-order chi connectivity index (χ0) is 102. The summed E-state index contributed by atoms with van der Waals surface area (Å²) in [5, 5.41) is 47.8. The SMILES string of the molecule is CC(=O)C=C(C)O.CC(=O)C=C(C)O.CC(=O)C=C(C)O.CC(=O)C=C(C)O.CC(=O)C=C(C)O.CCCc1ccc2ccc(-c3[c-]c(C)cc(C)c3)nc2c1.Cc1[c-]c(-c2ccc3c(CC(C)C)cccc3n2)cc(C)c1.Cc1[c-]c(-c2ccc3ccc(CC(C)C)cc3n2)cc(C)c1.Cc1[c-]c(-c2ccc3ccccc3n2)c(C)cc1C.Cc1[c-]c(-c2ccc3ccccc3n2)cc(C)c1C.[Ir].[Ir].[Ir].[Ir].[Ir]. The number of carbonyl (C=O) groups is 5. The van der Waals surface area contributed by atoms with Crippen molar-refractivity contribution in [3.63, 3.8) is 0 Å². The van der Waals surface area contributed by atoms with Crippen LogP contribution in [0.3, 0.4) is 0 Å². The summed E-state index contributed by atoms with van der Waals surface area (Å²) in [4.78, 5) is 74.1. The predicted molar refractivity (Wildman–Crippen MR) is 573 cm³/mol. The minimum atomic E-state index is -0.125. The number of para-hydroxylation sites is 2. The number of aliphatic hydroxyl groups is 5. The van der Waals surface area contributed by atoms with Crippen molar-refractivity contribution in [3.05, 3.63) is 385 Å². The molecule has 0 saturated heterocycles. The molecule has 0 bridgehead atoms. The number of hydrogen-bond acceptors (Lipinski definition) is 15. The van der Waals surface area contributed by atoms with E-state index in [4.69, 9.17) is 50.5 Å². The minimum Gasteiger partial charge on any atom is -0.512 e. The Hall–Kier alpha value is -11.5. The van der Waals surface area contributed by atoms with Gasteiger partial charge in [-0.2, -0.15) is 0 Å². The Kier molecular flexibility index (Phi) is 58.9. The second-order valence-electron chi connectivity index (χ2n) is 35.8. The third-order valence-electron chi connectivity index (χ3n) is 20.8. The number of aromatic nitrogens is 5. The van der Waals surface area contributed by atoms with E-state index in [0.29, 0.717) is 11.8 Å². The van der Waals surface area contributed by atoms with Crippen LogP contribution in [0.15, 0.2) is 271 Å². The van der Waals surface area contributed by atoms with Crippen molar-refractivity contribution in [2.24, 2.45) is 11.8 Å². The number of nitrogens with zero attached hydrogens (tertiary/aromatic N) is 5. The maximum atomic E-state index is 10.0. The zero-order valence-electron chi connectivity index (χ0n) is 87.3. The number of aryl methyl sites for hydroxylation is 12. The van der Waals surface area contributed by atoms with Gasteiger partial charge in [0.15, 0.2) is 28.9 Å². The first kappa shape index (κ1) is 130.